The van der Waals surface area contributed by atoms with Crippen LogP contribution in [0.2, 0.25) is 0 Å². The number of hydrogen-bond acceptors (Lipinski definition) is 5. The van der Waals surface area contributed by atoms with Crippen LogP contribution >= 0.6 is 0 Å². The zero-order valence-corrected chi connectivity index (χ0v) is 18.5. The van der Waals surface area contributed by atoms with Gasteiger partial charge in [0.2, 0.25) is 0 Å². The molecule has 162 valence electrons. The Balaban J connectivity index is 1.63. The van der Waals surface area contributed by atoms with Gasteiger partial charge in [0.05, 0.1) is 18.1 Å². The topological polar surface area (TPSA) is 90.1 Å². The molecule has 3 heterocycles. The highest BCUT2D eigenvalue weighted by atomic mass is 16.2. The number of rotatable bonds is 4. The molecule has 0 spiro atoms. The first-order valence-corrected chi connectivity index (χ1v) is 10.5. The lowest BCUT2D eigenvalue weighted by atomic mass is 9.92. The second-order valence-electron chi connectivity index (χ2n) is 9.35. The molecule has 1 amide bonds. The fourth-order valence-electron chi connectivity index (χ4n) is 3.64. The molecule has 2 aromatic heterocycles. The van der Waals surface area contributed by atoms with E-state index in [9.17, 15) is 14.4 Å². The van der Waals surface area contributed by atoms with Gasteiger partial charge in [0.15, 0.2) is 0 Å². The van der Waals surface area contributed by atoms with Crippen LogP contribution in [0.25, 0.3) is 0 Å². The van der Waals surface area contributed by atoms with Gasteiger partial charge in [-0.1, -0.05) is 20.8 Å². The van der Waals surface area contributed by atoms with Crippen LogP contribution in [0.3, 0.4) is 0 Å². The van der Waals surface area contributed by atoms with Crippen LogP contribution in [-0.2, 0) is 12.0 Å². The molecule has 0 bridgehead atoms. The second kappa shape index (κ2) is 8.53. The SMILES string of the molecule is CC(C)n1nc(C(=O)N2CCC(Cn3cnc(C(C)(C)C)cc3=O)CC2)ccc1=O. The number of piperidine rings is 1. The first-order valence-electron chi connectivity index (χ1n) is 10.5. The standard InChI is InChI=1S/C22H31N5O3/c1-15(2)27-19(28)7-6-17(24-27)21(30)25-10-8-16(9-11-25)13-26-14-23-18(12-20(26)29)22(3,4)5/h6-7,12,14-16H,8-11,13H2,1-5H3. The van der Waals surface area contributed by atoms with Crippen LogP contribution < -0.4 is 11.1 Å². The lowest BCUT2D eigenvalue weighted by Gasteiger charge is -2.32. The summed E-state index contributed by atoms with van der Waals surface area (Å²) in [6.45, 7) is 11.6. The molecule has 0 atom stereocenters. The first kappa shape index (κ1) is 21.9. The molecule has 0 saturated carbocycles. The second-order valence-corrected chi connectivity index (χ2v) is 9.35. The molecule has 0 N–H and O–H groups in total. The van der Waals surface area contributed by atoms with Crippen molar-refractivity contribution >= 4 is 5.91 Å². The Kier molecular flexibility index (Phi) is 6.24. The summed E-state index contributed by atoms with van der Waals surface area (Å²) in [5.74, 6) is 0.155. The van der Waals surface area contributed by atoms with Crippen LogP contribution in [0.5, 0.6) is 0 Å². The van der Waals surface area contributed by atoms with Gasteiger partial charge in [0.1, 0.15) is 5.69 Å². The molecule has 0 radical (unpaired) electrons. The summed E-state index contributed by atoms with van der Waals surface area (Å²) >= 11 is 0. The molecule has 1 aliphatic rings. The van der Waals surface area contributed by atoms with Crippen molar-refractivity contribution in [2.24, 2.45) is 5.92 Å². The predicted octanol–water partition coefficient (Wildman–Crippen LogP) is 2.23. The van der Waals surface area contributed by atoms with Crippen LogP contribution in [-0.4, -0.2) is 43.2 Å². The van der Waals surface area contributed by atoms with E-state index in [0.717, 1.165) is 18.5 Å². The molecule has 0 aliphatic carbocycles. The third-order valence-corrected chi connectivity index (χ3v) is 5.54. The lowest BCUT2D eigenvalue weighted by molar-refractivity contribution is 0.0673. The Hall–Kier alpha value is -2.77. The highest BCUT2D eigenvalue weighted by Crippen LogP contribution is 2.21. The predicted molar refractivity (Wildman–Crippen MR) is 115 cm³/mol. The van der Waals surface area contributed by atoms with Gasteiger partial charge >= 0.3 is 0 Å². The van der Waals surface area contributed by atoms with Gasteiger partial charge in [-0.05, 0) is 38.7 Å². The third-order valence-electron chi connectivity index (χ3n) is 5.54. The fraction of sp³-hybridized carbons (Fsp3) is 0.591. The van der Waals surface area contributed by atoms with E-state index in [-0.39, 0.29) is 28.5 Å². The number of nitrogens with zero attached hydrogens (tertiary/aromatic N) is 5. The number of hydrogen-bond donors (Lipinski definition) is 0. The van der Waals surface area contributed by atoms with Gasteiger partial charge < -0.3 is 4.90 Å². The van der Waals surface area contributed by atoms with E-state index in [1.807, 2.05) is 34.6 Å². The average Bonchev–Trinajstić information content (AvgIpc) is 2.69. The molecule has 0 aromatic carbocycles. The maximum Gasteiger partial charge on any atom is 0.274 e. The summed E-state index contributed by atoms with van der Waals surface area (Å²) in [5, 5.41) is 4.23. The maximum absolute atomic E-state index is 12.8. The number of aromatic nitrogens is 4. The molecule has 1 fully saturated rings. The summed E-state index contributed by atoms with van der Waals surface area (Å²) in [6, 6.07) is 4.41. The van der Waals surface area contributed by atoms with Gasteiger partial charge in [-0.15, -0.1) is 0 Å². The largest absolute Gasteiger partial charge is 0.337 e. The van der Waals surface area contributed by atoms with E-state index in [0.29, 0.717) is 31.2 Å². The third kappa shape index (κ3) is 4.86. The normalized spacial score (nSPS) is 15.6. The van der Waals surface area contributed by atoms with Crippen molar-refractivity contribution in [1.29, 1.82) is 0 Å². The van der Waals surface area contributed by atoms with Crippen molar-refractivity contribution in [3.63, 3.8) is 0 Å². The van der Waals surface area contributed by atoms with Crippen molar-refractivity contribution in [3.05, 3.63) is 56.6 Å². The molecule has 8 heteroatoms. The monoisotopic (exact) mass is 413 g/mol. The Morgan fingerprint density at radius 2 is 1.80 bits per heavy atom. The minimum absolute atomic E-state index is 0.0337. The highest BCUT2D eigenvalue weighted by molar-refractivity contribution is 5.92. The van der Waals surface area contributed by atoms with E-state index in [2.05, 4.69) is 10.1 Å². The minimum atomic E-state index is -0.211. The number of likely N-dealkylation sites (tertiary alicyclic amines) is 1. The zero-order chi connectivity index (χ0) is 22.1. The van der Waals surface area contributed by atoms with Gasteiger partial charge in [0, 0.05) is 37.2 Å². The Morgan fingerprint density at radius 3 is 2.37 bits per heavy atom. The number of amides is 1. The summed E-state index contributed by atoms with van der Waals surface area (Å²) in [6.07, 6.45) is 3.26. The molecule has 8 nitrogen and oxygen atoms in total. The quantitative estimate of drug-likeness (QED) is 0.767. The zero-order valence-electron chi connectivity index (χ0n) is 18.5. The van der Waals surface area contributed by atoms with Crippen LogP contribution in [0.1, 0.15) is 69.7 Å². The van der Waals surface area contributed by atoms with Crippen molar-refractivity contribution in [2.75, 3.05) is 13.1 Å². The Morgan fingerprint density at radius 1 is 1.13 bits per heavy atom. The molecular formula is C22H31N5O3. The molecule has 1 aliphatic heterocycles. The number of carbonyl (C=O) groups excluding carboxylic acids is 1. The van der Waals surface area contributed by atoms with E-state index >= 15 is 0 Å². The van der Waals surface area contributed by atoms with Gasteiger partial charge in [-0.3, -0.25) is 19.0 Å². The lowest BCUT2D eigenvalue weighted by Crippen LogP contribution is -2.41. The minimum Gasteiger partial charge on any atom is -0.337 e. The number of carbonyl (C=O) groups is 1. The van der Waals surface area contributed by atoms with Crippen molar-refractivity contribution in [1.82, 2.24) is 24.2 Å². The van der Waals surface area contributed by atoms with Gasteiger partial charge in [-0.25, -0.2) is 9.67 Å². The average molecular weight is 414 g/mol. The molecule has 1 saturated heterocycles. The Bertz CT molecular complexity index is 1020. The van der Waals surface area contributed by atoms with E-state index < -0.39 is 0 Å². The molecule has 3 rings (SSSR count). The summed E-state index contributed by atoms with van der Waals surface area (Å²) < 4.78 is 3.00. The highest BCUT2D eigenvalue weighted by Gasteiger charge is 2.26. The summed E-state index contributed by atoms with van der Waals surface area (Å²) in [7, 11) is 0. The van der Waals surface area contributed by atoms with E-state index in [4.69, 9.17) is 0 Å². The fourth-order valence-corrected chi connectivity index (χ4v) is 3.64. The van der Waals surface area contributed by atoms with E-state index in [1.54, 1.807) is 21.9 Å². The van der Waals surface area contributed by atoms with Crippen LogP contribution in [0, 0.1) is 5.92 Å². The van der Waals surface area contributed by atoms with Crippen molar-refractivity contribution < 1.29 is 4.79 Å². The Labute approximate surface area is 176 Å². The van der Waals surface area contributed by atoms with Crippen LogP contribution in [0.4, 0.5) is 0 Å². The first-order chi connectivity index (χ1) is 14.1. The molecule has 2 aromatic rings. The van der Waals surface area contributed by atoms with Crippen molar-refractivity contribution in [3.8, 4) is 0 Å². The summed E-state index contributed by atoms with van der Waals surface area (Å²) in [4.78, 5) is 43.4. The molecular weight excluding hydrogens is 382 g/mol. The smallest absolute Gasteiger partial charge is 0.274 e. The van der Waals surface area contributed by atoms with E-state index in [1.165, 1.54) is 16.8 Å². The summed E-state index contributed by atoms with van der Waals surface area (Å²) in [5.41, 5.74) is 0.681. The van der Waals surface area contributed by atoms with Gasteiger partial charge in [0.25, 0.3) is 17.0 Å². The van der Waals surface area contributed by atoms with Crippen molar-refractivity contribution in [2.45, 2.75) is 65.5 Å². The molecule has 0 unspecified atom stereocenters. The maximum atomic E-state index is 12.8. The van der Waals surface area contributed by atoms with Gasteiger partial charge in [-0.2, -0.15) is 5.10 Å². The molecule has 30 heavy (non-hydrogen) atoms. The van der Waals surface area contributed by atoms with Crippen LogP contribution in [0.15, 0.2) is 34.1 Å².